The first-order valence-corrected chi connectivity index (χ1v) is 16.4. The lowest BCUT2D eigenvalue weighted by atomic mass is 9.87. The Morgan fingerprint density at radius 2 is 1.00 bits per heavy atom. The van der Waals surface area contributed by atoms with E-state index in [-0.39, 0.29) is 0 Å². The van der Waals surface area contributed by atoms with Crippen LogP contribution in [0.4, 0.5) is 0 Å². The van der Waals surface area contributed by atoms with Crippen LogP contribution in [-0.2, 0) is 0 Å². The largest absolute Gasteiger partial charge is 0.456 e. The summed E-state index contributed by atoms with van der Waals surface area (Å²) in [7, 11) is 0. The van der Waals surface area contributed by atoms with E-state index in [0.29, 0.717) is 0 Å². The van der Waals surface area contributed by atoms with Crippen molar-refractivity contribution in [1.29, 1.82) is 0 Å². The third-order valence-corrected chi connectivity index (χ3v) is 9.81. The van der Waals surface area contributed by atoms with Crippen molar-refractivity contribution >= 4 is 32.6 Å². The molecule has 0 radical (unpaired) electrons. The van der Waals surface area contributed by atoms with Gasteiger partial charge in [-0.05, 0) is 92.9 Å². The highest BCUT2D eigenvalue weighted by molar-refractivity contribution is 6.13. The van der Waals surface area contributed by atoms with Crippen molar-refractivity contribution in [2.24, 2.45) is 0 Å². The summed E-state index contributed by atoms with van der Waals surface area (Å²) in [4.78, 5) is 0. The van der Waals surface area contributed by atoms with Crippen LogP contribution in [0, 0.1) is 0 Å². The van der Waals surface area contributed by atoms with Gasteiger partial charge in [0.1, 0.15) is 11.5 Å². The summed E-state index contributed by atoms with van der Waals surface area (Å²) < 4.78 is 8.94. The molecule has 8 aromatic carbocycles. The Labute approximate surface area is 278 Å². The summed E-state index contributed by atoms with van der Waals surface area (Å²) in [5.41, 5.74) is 13.1. The number of aromatic nitrogens is 1. The lowest BCUT2D eigenvalue weighted by molar-refractivity contribution is 0.487. The van der Waals surface area contributed by atoms with E-state index < -0.39 is 0 Å². The normalized spacial score (nSPS) is 11.9. The van der Waals surface area contributed by atoms with Gasteiger partial charge in [0, 0.05) is 27.4 Å². The molecule has 0 saturated carbocycles. The number of ether oxygens (including phenoxy) is 1. The summed E-state index contributed by atoms with van der Waals surface area (Å²) in [5.74, 6) is 1.79. The second-order valence-electron chi connectivity index (χ2n) is 12.5. The fourth-order valence-corrected chi connectivity index (χ4v) is 7.64. The number of fused-ring (bicyclic) bond motifs is 5. The Morgan fingerprint density at radius 3 is 1.88 bits per heavy atom. The van der Waals surface area contributed by atoms with Gasteiger partial charge in [-0.1, -0.05) is 127 Å². The Kier molecular flexibility index (Phi) is 5.91. The molecule has 0 spiro atoms. The first-order chi connectivity index (χ1) is 23.8. The van der Waals surface area contributed by atoms with E-state index in [4.69, 9.17) is 4.74 Å². The zero-order valence-corrected chi connectivity index (χ0v) is 26.1. The highest BCUT2D eigenvalue weighted by Gasteiger charge is 2.23. The number of rotatable bonds is 4. The molecule has 48 heavy (non-hydrogen) atoms. The molecule has 224 valence electrons. The SMILES string of the molecule is c1ccc(-c2ccc3c(c2)-c2cccc4c(-c5ccccc5-c5ccc6c(c5)c5ccccc5n6-c5ccccc5)ccc(c24)O3)cc1. The molecule has 0 N–H and O–H groups in total. The molecule has 0 amide bonds. The molecule has 10 rings (SSSR count). The molecule has 1 aliphatic heterocycles. The minimum atomic E-state index is 0.894. The van der Waals surface area contributed by atoms with Crippen molar-refractivity contribution in [3.8, 4) is 61.7 Å². The quantitative estimate of drug-likeness (QED) is 0.193. The smallest absolute Gasteiger partial charge is 0.135 e. The minimum Gasteiger partial charge on any atom is -0.456 e. The standard InChI is InChI=1S/C46H29NO/c1-3-12-30(13-4-1)31-23-26-44-41(28-31)39-20-11-19-38-36(24-27-45(48-44)46(38)39)35-17-8-7-16-34(35)32-22-25-43-40(29-32)37-18-9-10-21-42(37)47(43)33-14-5-2-6-15-33/h1-29H. The van der Waals surface area contributed by atoms with Crippen LogP contribution in [0.3, 0.4) is 0 Å². The van der Waals surface area contributed by atoms with Crippen LogP contribution in [0.5, 0.6) is 11.5 Å². The third kappa shape index (κ3) is 4.06. The molecule has 2 heteroatoms. The number of benzene rings is 8. The predicted molar refractivity (Wildman–Crippen MR) is 200 cm³/mol. The molecule has 0 unspecified atom stereocenters. The van der Waals surface area contributed by atoms with Gasteiger partial charge >= 0.3 is 0 Å². The lowest BCUT2D eigenvalue weighted by Gasteiger charge is -2.23. The van der Waals surface area contributed by atoms with Gasteiger partial charge in [-0.2, -0.15) is 0 Å². The van der Waals surface area contributed by atoms with E-state index in [1.165, 1.54) is 71.8 Å². The Bertz CT molecular complexity index is 2690. The number of hydrogen-bond donors (Lipinski definition) is 0. The molecule has 1 aromatic heterocycles. The third-order valence-electron chi connectivity index (χ3n) is 9.81. The Hall–Kier alpha value is -6.38. The van der Waals surface area contributed by atoms with Gasteiger partial charge in [0.05, 0.1) is 11.0 Å². The maximum Gasteiger partial charge on any atom is 0.135 e. The second-order valence-corrected chi connectivity index (χ2v) is 12.5. The van der Waals surface area contributed by atoms with Crippen LogP contribution in [0.25, 0.3) is 82.8 Å². The van der Waals surface area contributed by atoms with Gasteiger partial charge in [0.15, 0.2) is 0 Å². The molecule has 2 heterocycles. The fourth-order valence-electron chi connectivity index (χ4n) is 7.64. The topological polar surface area (TPSA) is 14.2 Å². The van der Waals surface area contributed by atoms with Crippen molar-refractivity contribution in [2.45, 2.75) is 0 Å². The molecule has 1 aliphatic rings. The molecule has 0 atom stereocenters. The zero-order valence-electron chi connectivity index (χ0n) is 26.1. The average molecular weight is 612 g/mol. The maximum atomic E-state index is 6.57. The number of hydrogen-bond acceptors (Lipinski definition) is 1. The van der Waals surface area contributed by atoms with Crippen LogP contribution < -0.4 is 4.74 Å². The van der Waals surface area contributed by atoms with Crippen LogP contribution >= 0.6 is 0 Å². The van der Waals surface area contributed by atoms with Gasteiger partial charge in [-0.25, -0.2) is 0 Å². The van der Waals surface area contributed by atoms with Gasteiger partial charge in [0.25, 0.3) is 0 Å². The number of nitrogens with zero attached hydrogens (tertiary/aromatic N) is 1. The van der Waals surface area contributed by atoms with Crippen molar-refractivity contribution in [1.82, 2.24) is 4.57 Å². The highest BCUT2D eigenvalue weighted by Crippen LogP contribution is 2.50. The van der Waals surface area contributed by atoms with Crippen molar-refractivity contribution < 1.29 is 4.74 Å². The van der Waals surface area contributed by atoms with E-state index >= 15 is 0 Å². The molecule has 0 bridgehead atoms. The van der Waals surface area contributed by atoms with E-state index in [9.17, 15) is 0 Å². The van der Waals surface area contributed by atoms with Gasteiger partial charge in [-0.3, -0.25) is 0 Å². The Balaban J connectivity index is 1.15. The van der Waals surface area contributed by atoms with Crippen LogP contribution in [-0.4, -0.2) is 4.57 Å². The van der Waals surface area contributed by atoms with Gasteiger partial charge in [-0.15, -0.1) is 0 Å². The molecule has 0 fully saturated rings. The summed E-state index contributed by atoms with van der Waals surface area (Å²) in [6, 6.07) is 63.1. The second kappa shape index (κ2) is 10.6. The van der Waals surface area contributed by atoms with Crippen LogP contribution in [0.2, 0.25) is 0 Å². The summed E-state index contributed by atoms with van der Waals surface area (Å²) in [6.07, 6.45) is 0. The van der Waals surface area contributed by atoms with E-state index in [2.05, 4.69) is 180 Å². The summed E-state index contributed by atoms with van der Waals surface area (Å²) in [6.45, 7) is 0. The summed E-state index contributed by atoms with van der Waals surface area (Å²) in [5, 5.41) is 4.85. The van der Waals surface area contributed by atoms with Gasteiger partial charge in [0.2, 0.25) is 0 Å². The minimum absolute atomic E-state index is 0.894. The van der Waals surface area contributed by atoms with Crippen LogP contribution in [0.15, 0.2) is 176 Å². The lowest BCUT2D eigenvalue weighted by Crippen LogP contribution is -1.98. The van der Waals surface area contributed by atoms with Crippen LogP contribution in [0.1, 0.15) is 0 Å². The molecule has 0 saturated heterocycles. The first kappa shape index (κ1) is 26.8. The van der Waals surface area contributed by atoms with Crippen molar-refractivity contribution in [3.05, 3.63) is 176 Å². The van der Waals surface area contributed by atoms with E-state index in [0.717, 1.165) is 22.4 Å². The molecular formula is C46H29NO. The molecule has 0 aliphatic carbocycles. The molecule has 9 aromatic rings. The zero-order chi connectivity index (χ0) is 31.6. The molecular weight excluding hydrogens is 583 g/mol. The summed E-state index contributed by atoms with van der Waals surface area (Å²) >= 11 is 0. The average Bonchev–Trinajstić information content (AvgIpc) is 3.49. The first-order valence-electron chi connectivity index (χ1n) is 16.4. The monoisotopic (exact) mass is 611 g/mol. The fraction of sp³-hybridized carbons (Fsp3) is 0. The maximum absolute atomic E-state index is 6.57. The predicted octanol–water partition coefficient (Wildman–Crippen LogP) is 12.7. The van der Waals surface area contributed by atoms with E-state index in [1.807, 2.05) is 0 Å². The van der Waals surface area contributed by atoms with Gasteiger partial charge < -0.3 is 9.30 Å². The van der Waals surface area contributed by atoms with Crippen molar-refractivity contribution in [3.63, 3.8) is 0 Å². The Morgan fingerprint density at radius 1 is 0.333 bits per heavy atom. The van der Waals surface area contributed by atoms with Crippen molar-refractivity contribution in [2.75, 3.05) is 0 Å². The molecule has 2 nitrogen and oxygen atoms in total. The highest BCUT2D eigenvalue weighted by atomic mass is 16.5. The van der Waals surface area contributed by atoms with E-state index in [1.54, 1.807) is 0 Å². The number of para-hydroxylation sites is 2.